The molecule has 144 valence electrons. The van der Waals surface area contributed by atoms with Crippen molar-refractivity contribution in [3.8, 4) is 11.1 Å². The summed E-state index contributed by atoms with van der Waals surface area (Å²) in [6, 6.07) is 14.2. The van der Waals surface area contributed by atoms with E-state index in [1.807, 2.05) is 42.7 Å². The van der Waals surface area contributed by atoms with Gasteiger partial charge in [-0.15, -0.1) is 0 Å². The highest BCUT2D eigenvalue weighted by atomic mass is 16.7. The molecule has 1 aromatic carbocycles. The van der Waals surface area contributed by atoms with Crippen molar-refractivity contribution in [2.75, 3.05) is 13.2 Å². The number of rotatable bonds is 6. The van der Waals surface area contributed by atoms with Crippen LogP contribution in [0, 0.1) is 16.7 Å². The Morgan fingerprint density at radius 3 is 2.22 bits per heavy atom. The lowest BCUT2D eigenvalue weighted by atomic mass is 9.49. The second-order valence-corrected chi connectivity index (χ2v) is 8.44. The summed E-state index contributed by atoms with van der Waals surface area (Å²) in [5, 5.41) is 0. The Morgan fingerprint density at radius 1 is 1.07 bits per heavy atom. The summed E-state index contributed by atoms with van der Waals surface area (Å²) in [5.41, 5.74) is 1.84. The number of hydrogen-bond donors (Lipinski definition) is 0. The molecule has 2 aromatic rings. The number of ether oxygens (including phenoxy) is 1. The van der Waals surface area contributed by atoms with E-state index in [0.29, 0.717) is 12.5 Å². The average molecular weight is 368 g/mol. The normalized spacial score (nSPS) is 22.0. The molecule has 4 nitrogen and oxygen atoms in total. The van der Waals surface area contributed by atoms with Gasteiger partial charge < -0.3 is 4.74 Å². The second-order valence-electron chi connectivity index (χ2n) is 8.44. The van der Waals surface area contributed by atoms with Crippen LogP contribution in [0.5, 0.6) is 0 Å². The third-order valence-electron chi connectivity index (χ3n) is 5.98. The van der Waals surface area contributed by atoms with Crippen LogP contribution in [0.2, 0.25) is 0 Å². The standard InChI is InChI=1S/C23H30NO3/c1-18-10-13-23(18,22(2,3)4)21(25)26-16-17-27-24-14-11-20(12-15-24)19-8-6-5-7-9-19/h5-9,11-12,14-15,18H,10,13,16-17H2,1-4H3/q+1. The zero-order valence-corrected chi connectivity index (χ0v) is 16.8. The smallest absolute Gasteiger partial charge is 0.313 e. The molecule has 0 radical (unpaired) electrons. The summed E-state index contributed by atoms with van der Waals surface area (Å²) >= 11 is 0. The minimum absolute atomic E-state index is 0.0817. The monoisotopic (exact) mass is 368 g/mol. The number of hydrogen-bond acceptors (Lipinski definition) is 3. The Hall–Kier alpha value is -2.36. The third kappa shape index (κ3) is 3.85. The lowest BCUT2D eigenvalue weighted by molar-refractivity contribution is -0.891. The van der Waals surface area contributed by atoms with Gasteiger partial charge in [0.25, 0.3) is 0 Å². The molecule has 1 aliphatic rings. The molecule has 0 bridgehead atoms. The van der Waals surface area contributed by atoms with E-state index in [-0.39, 0.29) is 23.4 Å². The second kappa shape index (κ2) is 7.71. The van der Waals surface area contributed by atoms with E-state index >= 15 is 0 Å². The van der Waals surface area contributed by atoms with Crippen LogP contribution in [-0.4, -0.2) is 19.2 Å². The van der Waals surface area contributed by atoms with Gasteiger partial charge in [0.15, 0.2) is 6.61 Å². The summed E-state index contributed by atoms with van der Waals surface area (Å²) in [7, 11) is 0. The molecule has 0 N–H and O–H groups in total. The number of aromatic nitrogens is 1. The van der Waals surface area contributed by atoms with Gasteiger partial charge in [0, 0.05) is 16.9 Å². The van der Waals surface area contributed by atoms with Crippen LogP contribution < -0.4 is 9.57 Å². The fourth-order valence-electron chi connectivity index (χ4n) is 4.17. The van der Waals surface area contributed by atoms with E-state index < -0.39 is 0 Å². The van der Waals surface area contributed by atoms with Crippen molar-refractivity contribution in [2.45, 2.75) is 40.5 Å². The van der Waals surface area contributed by atoms with E-state index in [2.05, 4.69) is 39.8 Å². The van der Waals surface area contributed by atoms with Crippen molar-refractivity contribution in [3.05, 3.63) is 54.9 Å². The van der Waals surface area contributed by atoms with Gasteiger partial charge >= 0.3 is 5.97 Å². The number of nitrogens with zero attached hydrogens (tertiary/aromatic N) is 1. The van der Waals surface area contributed by atoms with Crippen molar-refractivity contribution < 1.29 is 19.1 Å². The quantitative estimate of drug-likeness (QED) is 0.438. The van der Waals surface area contributed by atoms with Crippen molar-refractivity contribution in [1.29, 1.82) is 0 Å². The summed E-state index contributed by atoms with van der Waals surface area (Å²) in [4.78, 5) is 18.4. The van der Waals surface area contributed by atoms with Crippen LogP contribution in [0.3, 0.4) is 0 Å². The predicted molar refractivity (Wildman–Crippen MR) is 105 cm³/mol. The van der Waals surface area contributed by atoms with Crippen LogP contribution in [-0.2, 0) is 9.53 Å². The molecular weight excluding hydrogens is 338 g/mol. The van der Waals surface area contributed by atoms with E-state index in [0.717, 1.165) is 18.4 Å². The summed E-state index contributed by atoms with van der Waals surface area (Å²) in [6.45, 7) is 9.13. The molecule has 1 heterocycles. The Morgan fingerprint density at radius 2 is 1.70 bits per heavy atom. The molecule has 4 heteroatoms. The highest BCUT2D eigenvalue weighted by Gasteiger charge is 2.58. The Bertz CT molecular complexity index is 764. The molecule has 0 saturated heterocycles. The van der Waals surface area contributed by atoms with E-state index in [4.69, 9.17) is 9.57 Å². The van der Waals surface area contributed by atoms with Crippen LogP contribution in [0.25, 0.3) is 11.1 Å². The van der Waals surface area contributed by atoms with Crippen LogP contribution in [0.15, 0.2) is 54.9 Å². The molecule has 2 unspecified atom stereocenters. The summed E-state index contributed by atoms with van der Waals surface area (Å²) in [5.74, 6) is 0.285. The first kappa shape index (κ1) is 19.4. The first-order valence-corrected chi connectivity index (χ1v) is 9.72. The Balaban J connectivity index is 1.50. The third-order valence-corrected chi connectivity index (χ3v) is 5.98. The molecule has 1 fully saturated rings. The summed E-state index contributed by atoms with van der Waals surface area (Å²) in [6.07, 6.45) is 5.74. The van der Waals surface area contributed by atoms with Crippen molar-refractivity contribution in [3.63, 3.8) is 0 Å². The first-order valence-electron chi connectivity index (χ1n) is 9.72. The fraction of sp³-hybridized carbons (Fsp3) is 0.478. The van der Waals surface area contributed by atoms with Gasteiger partial charge in [0.1, 0.15) is 6.61 Å². The zero-order chi connectivity index (χ0) is 19.5. The van der Waals surface area contributed by atoms with Gasteiger partial charge in [-0.25, -0.2) is 0 Å². The van der Waals surface area contributed by atoms with Gasteiger partial charge in [-0.1, -0.05) is 58.0 Å². The summed E-state index contributed by atoms with van der Waals surface area (Å²) < 4.78 is 7.23. The minimum Gasteiger partial charge on any atom is -0.461 e. The zero-order valence-electron chi connectivity index (χ0n) is 16.8. The highest BCUT2D eigenvalue weighted by molar-refractivity contribution is 5.79. The molecule has 27 heavy (non-hydrogen) atoms. The molecule has 0 amide bonds. The number of carbonyl (C=O) groups is 1. The molecular formula is C23H30NO3+. The molecule has 1 aromatic heterocycles. The van der Waals surface area contributed by atoms with E-state index in [9.17, 15) is 4.79 Å². The Kier molecular flexibility index (Phi) is 5.54. The molecule has 1 saturated carbocycles. The van der Waals surface area contributed by atoms with Gasteiger partial charge in [0.2, 0.25) is 12.4 Å². The van der Waals surface area contributed by atoms with Crippen LogP contribution >= 0.6 is 0 Å². The topological polar surface area (TPSA) is 39.4 Å². The van der Waals surface area contributed by atoms with Gasteiger partial charge in [-0.05, 0) is 35.3 Å². The van der Waals surface area contributed by atoms with Crippen LogP contribution in [0.4, 0.5) is 0 Å². The Labute approximate surface area is 162 Å². The van der Waals surface area contributed by atoms with Gasteiger partial charge in [-0.3, -0.25) is 9.63 Å². The molecule has 2 atom stereocenters. The molecule has 0 spiro atoms. The predicted octanol–water partition coefficient (Wildman–Crippen LogP) is 4.08. The average Bonchev–Trinajstić information content (AvgIpc) is 2.64. The molecule has 1 aliphatic carbocycles. The SMILES string of the molecule is CC1CCC1(C(=O)OCCO[n+]1ccc(-c2ccccc2)cc1)C(C)(C)C. The molecule has 3 rings (SSSR count). The number of carbonyl (C=O) groups excluding carboxylic acids is 1. The van der Waals surface area contributed by atoms with Crippen LogP contribution in [0.1, 0.15) is 40.5 Å². The lowest BCUT2D eigenvalue weighted by Crippen LogP contribution is -2.55. The van der Waals surface area contributed by atoms with Gasteiger partial charge in [0.05, 0.1) is 5.41 Å². The highest BCUT2D eigenvalue weighted by Crippen LogP contribution is 2.58. The number of benzene rings is 1. The maximum absolute atomic E-state index is 12.7. The number of pyridine rings is 1. The fourth-order valence-corrected chi connectivity index (χ4v) is 4.17. The lowest BCUT2D eigenvalue weighted by Gasteiger charge is -2.54. The maximum Gasteiger partial charge on any atom is 0.313 e. The van der Waals surface area contributed by atoms with Crippen molar-refractivity contribution in [1.82, 2.24) is 0 Å². The number of esters is 1. The first-order chi connectivity index (χ1) is 12.8. The van der Waals surface area contributed by atoms with E-state index in [1.165, 1.54) is 5.56 Å². The van der Waals surface area contributed by atoms with Gasteiger partial charge in [-0.2, -0.15) is 0 Å². The van der Waals surface area contributed by atoms with Crippen molar-refractivity contribution >= 4 is 5.97 Å². The maximum atomic E-state index is 12.7. The van der Waals surface area contributed by atoms with E-state index in [1.54, 1.807) is 4.73 Å². The minimum atomic E-state index is -0.364. The molecule has 0 aliphatic heterocycles. The van der Waals surface area contributed by atoms with Crippen molar-refractivity contribution in [2.24, 2.45) is 16.7 Å². The largest absolute Gasteiger partial charge is 0.461 e.